The van der Waals surface area contributed by atoms with Gasteiger partial charge in [0.1, 0.15) is 0 Å². The summed E-state index contributed by atoms with van der Waals surface area (Å²) < 4.78 is 0. The molecule has 5 nitrogen and oxygen atoms in total. The normalized spacial score (nSPS) is 11.1. The maximum absolute atomic E-state index is 11.3. The minimum absolute atomic E-state index is 0.0728. The molecule has 0 saturated heterocycles. The number of benzene rings is 2. The van der Waals surface area contributed by atoms with Crippen molar-refractivity contribution >= 4 is 34.6 Å². The van der Waals surface area contributed by atoms with Crippen LogP contribution in [0.5, 0.6) is 0 Å². The number of hydrogen-bond acceptors (Lipinski definition) is 4. The largest absolute Gasteiger partial charge is 0.378 e. The van der Waals surface area contributed by atoms with E-state index in [4.69, 9.17) is 5.73 Å². The summed E-state index contributed by atoms with van der Waals surface area (Å²) in [4.78, 5) is 15.0. The fraction of sp³-hybridized carbons (Fsp3) is 0. The van der Waals surface area contributed by atoms with Crippen molar-refractivity contribution in [1.29, 1.82) is 0 Å². The lowest BCUT2D eigenvalue weighted by atomic mass is 10.0. The summed E-state index contributed by atoms with van der Waals surface area (Å²) in [6.07, 6.45) is 3.54. The van der Waals surface area contributed by atoms with Crippen LogP contribution in [0.25, 0.3) is 23.1 Å². The highest BCUT2D eigenvalue weighted by Crippen LogP contribution is 2.32. The summed E-state index contributed by atoms with van der Waals surface area (Å²) in [6.45, 7) is 0. The van der Waals surface area contributed by atoms with E-state index in [9.17, 15) is 10.1 Å². The van der Waals surface area contributed by atoms with Gasteiger partial charge in [-0.2, -0.15) is 0 Å². The third-order valence-electron chi connectivity index (χ3n) is 3.36. The van der Waals surface area contributed by atoms with Crippen molar-refractivity contribution < 1.29 is 4.92 Å². The minimum Gasteiger partial charge on any atom is -0.378 e. The molecular formula is C17H13N3O2. The van der Waals surface area contributed by atoms with Crippen molar-refractivity contribution in [1.82, 2.24) is 4.98 Å². The Morgan fingerprint density at radius 1 is 1.00 bits per heavy atom. The minimum atomic E-state index is -0.487. The van der Waals surface area contributed by atoms with Gasteiger partial charge in [0, 0.05) is 5.39 Å². The lowest BCUT2D eigenvalue weighted by molar-refractivity contribution is -0.384. The van der Waals surface area contributed by atoms with Gasteiger partial charge in [0.2, 0.25) is 5.82 Å². The first-order valence-electron chi connectivity index (χ1n) is 6.72. The number of anilines is 1. The second-order valence-corrected chi connectivity index (χ2v) is 4.78. The van der Waals surface area contributed by atoms with E-state index >= 15 is 0 Å². The van der Waals surface area contributed by atoms with Gasteiger partial charge >= 0.3 is 5.69 Å². The highest BCUT2D eigenvalue weighted by molar-refractivity contribution is 5.97. The van der Waals surface area contributed by atoms with E-state index in [2.05, 4.69) is 4.98 Å². The molecule has 3 rings (SSSR count). The molecule has 0 aliphatic heterocycles. The predicted octanol–water partition coefficient (Wildman–Crippen LogP) is 3.90. The molecule has 0 fully saturated rings. The molecule has 0 aliphatic rings. The lowest BCUT2D eigenvalue weighted by Gasteiger charge is -2.06. The Kier molecular flexibility index (Phi) is 3.53. The number of fused-ring (bicyclic) bond motifs is 1. The first-order valence-corrected chi connectivity index (χ1v) is 6.72. The summed E-state index contributed by atoms with van der Waals surface area (Å²) >= 11 is 0. The molecule has 0 unspecified atom stereocenters. The smallest absolute Gasteiger partial charge is 0.318 e. The third-order valence-corrected chi connectivity index (χ3v) is 3.36. The first kappa shape index (κ1) is 13.8. The van der Waals surface area contributed by atoms with Gasteiger partial charge in [-0.15, -0.1) is 0 Å². The number of rotatable bonds is 3. The van der Waals surface area contributed by atoms with Gasteiger partial charge in [0.25, 0.3) is 0 Å². The zero-order valence-electron chi connectivity index (χ0n) is 11.6. The molecule has 3 aromatic rings. The van der Waals surface area contributed by atoms with Crippen molar-refractivity contribution in [3.63, 3.8) is 0 Å². The fourth-order valence-corrected chi connectivity index (χ4v) is 2.35. The number of para-hydroxylation sites is 1. The second kappa shape index (κ2) is 5.65. The van der Waals surface area contributed by atoms with Crippen LogP contribution in [-0.4, -0.2) is 9.91 Å². The molecule has 0 bridgehead atoms. The number of aromatic nitrogens is 1. The van der Waals surface area contributed by atoms with Crippen molar-refractivity contribution in [2.45, 2.75) is 0 Å². The SMILES string of the molecule is Nc1nc2ccccc2c(C=Cc2ccccc2)c1[N+](=O)[O-]. The van der Waals surface area contributed by atoms with Gasteiger partial charge in [-0.05, 0) is 17.7 Å². The molecule has 0 aliphatic carbocycles. The van der Waals surface area contributed by atoms with Gasteiger partial charge in [0.05, 0.1) is 16.0 Å². The van der Waals surface area contributed by atoms with Crippen LogP contribution < -0.4 is 5.73 Å². The number of pyridine rings is 1. The Morgan fingerprint density at radius 3 is 2.41 bits per heavy atom. The second-order valence-electron chi connectivity index (χ2n) is 4.78. The van der Waals surface area contributed by atoms with Gasteiger partial charge in [0.15, 0.2) is 0 Å². The molecule has 2 aromatic carbocycles. The van der Waals surface area contributed by atoms with E-state index in [1.165, 1.54) is 0 Å². The standard InChI is InChI=1S/C17H13N3O2/c18-17-16(20(21)22)14(11-10-12-6-2-1-3-7-12)13-8-4-5-9-15(13)19-17/h1-11H,(H2,18,19). The van der Waals surface area contributed by atoms with E-state index in [-0.39, 0.29) is 11.5 Å². The Hall–Kier alpha value is -3.21. The van der Waals surface area contributed by atoms with Crippen LogP contribution in [-0.2, 0) is 0 Å². The van der Waals surface area contributed by atoms with Crippen molar-refractivity contribution in [2.24, 2.45) is 0 Å². The summed E-state index contributed by atoms with van der Waals surface area (Å²) in [5.41, 5.74) is 7.67. The molecule has 0 spiro atoms. The van der Waals surface area contributed by atoms with E-state index in [0.717, 1.165) is 5.56 Å². The molecule has 1 aromatic heterocycles. The summed E-state index contributed by atoms with van der Waals surface area (Å²) in [5, 5.41) is 12.1. The van der Waals surface area contributed by atoms with E-state index in [0.29, 0.717) is 16.5 Å². The predicted molar refractivity (Wildman–Crippen MR) is 88.2 cm³/mol. The topological polar surface area (TPSA) is 82.0 Å². The average Bonchev–Trinajstić information content (AvgIpc) is 2.52. The molecule has 108 valence electrons. The molecular weight excluding hydrogens is 278 g/mol. The van der Waals surface area contributed by atoms with Gasteiger partial charge in [-0.25, -0.2) is 4.98 Å². The van der Waals surface area contributed by atoms with E-state index < -0.39 is 4.92 Å². The number of nitro groups is 1. The van der Waals surface area contributed by atoms with Crippen LogP contribution in [0.15, 0.2) is 54.6 Å². The molecule has 22 heavy (non-hydrogen) atoms. The maximum atomic E-state index is 11.3. The first-order chi connectivity index (χ1) is 10.7. The number of hydrogen-bond donors (Lipinski definition) is 1. The average molecular weight is 291 g/mol. The van der Waals surface area contributed by atoms with Gasteiger partial charge in [-0.3, -0.25) is 10.1 Å². The maximum Gasteiger partial charge on any atom is 0.318 e. The monoisotopic (exact) mass is 291 g/mol. The molecule has 1 heterocycles. The molecule has 5 heteroatoms. The van der Waals surface area contributed by atoms with Crippen LogP contribution >= 0.6 is 0 Å². The zero-order chi connectivity index (χ0) is 15.5. The highest BCUT2D eigenvalue weighted by atomic mass is 16.6. The lowest BCUT2D eigenvalue weighted by Crippen LogP contribution is -2.02. The number of nitrogens with zero attached hydrogens (tertiary/aromatic N) is 2. The Bertz CT molecular complexity index is 874. The Labute approximate surface area is 126 Å². The van der Waals surface area contributed by atoms with Gasteiger partial charge in [-0.1, -0.05) is 54.6 Å². The van der Waals surface area contributed by atoms with Crippen LogP contribution in [0.2, 0.25) is 0 Å². The Balaban J connectivity index is 2.23. The highest BCUT2D eigenvalue weighted by Gasteiger charge is 2.21. The quantitative estimate of drug-likeness (QED) is 0.586. The third kappa shape index (κ3) is 2.52. The summed E-state index contributed by atoms with van der Waals surface area (Å²) in [7, 11) is 0. The van der Waals surface area contributed by atoms with Crippen LogP contribution in [0.1, 0.15) is 11.1 Å². The molecule has 0 radical (unpaired) electrons. The summed E-state index contributed by atoms with van der Waals surface area (Å²) in [6, 6.07) is 16.8. The Morgan fingerprint density at radius 2 is 1.68 bits per heavy atom. The van der Waals surface area contributed by atoms with Gasteiger partial charge < -0.3 is 5.73 Å². The van der Waals surface area contributed by atoms with Crippen molar-refractivity contribution in [2.75, 3.05) is 5.73 Å². The van der Waals surface area contributed by atoms with Crippen LogP contribution in [0, 0.1) is 10.1 Å². The molecule has 0 amide bonds. The van der Waals surface area contributed by atoms with Crippen molar-refractivity contribution in [3.8, 4) is 0 Å². The summed E-state index contributed by atoms with van der Waals surface area (Å²) in [5.74, 6) is -0.0728. The van der Waals surface area contributed by atoms with E-state index in [1.54, 1.807) is 18.2 Å². The zero-order valence-corrected chi connectivity index (χ0v) is 11.6. The number of nitrogen functional groups attached to an aromatic ring is 1. The van der Waals surface area contributed by atoms with Crippen molar-refractivity contribution in [3.05, 3.63) is 75.8 Å². The van der Waals surface area contributed by atoms with Crippen LogP contribution in [0.3, 0.4) is 0 Å². The number of nitrogens with two attached hydrogens (primary N) is 1. The van der Waals surface area contributed by atoms with Crippen LogP contribution in [0.4, 0.5) is 11.5 Å². The van der Waals surface area contributed by atoms with E-state index in [1.807, 2.05) is 48.5 Å². The molecule has 0 saturated carbocycles. The fourth-order valence-electron chi connectivity index (χ4n) is 2.35. The molecule has 2 N–H and O–H groups in total. The molecule has 0 atom stereocenters.